The number of hydrogen-bond acceptors (Lipinski definition) is 4. The third-order valence-corrected chi connectivity index (χ3v) is 2.51. The van der Waals surface area contributed by atoms with Crippen molar-refractivity contribution >= 4 is 5.97 Å². The number of hydrogen-bond donors (Lipinski definition) is 1. The smallest absolute Gasteiger partial charge is 0.306 e. The molecule has 0 bridgehead atoms. The molecule has 14 heavy (non-hydrogen) atoms. The van der Waals surface area contributed by atoms with E-state index in [0.29, 0.717) is 6.42 Å². The second-order valence-electron chi connectivity index (χ2n) is 3.75. The van der Waals surface area contributed by atoms with Gasteiger partial charge in [0.15, 0.2) is 0 Å². The summed E-state index contributed by atoms with van der Waals surface area (Å²) >= 11 is 0. The van der Waals surface area contributed by atoms with Crippen molar-refractivity contribution in [1.82, 2.24) is 0 Å². The molecule has 0 aromatic heterocycles. The van der Waals surface area contributed by atoms with E-state index in [2.05, 4.69) is 0 Å². The third-order valence-electron chi connectivity index (χ3n) is 2.51. The molecule has 1 fully saturated rings. The Morgan fingerprint density at radius 3 is 3.07 bits per heavy atom. The van der Waals surface area contributed by atoms with Gasteiger partial charge in [0.2, 0.25) is 0 Å². The first-order chi connectivity index (χ1) is 6.66. The number of esters is 1. The van der Waals surface area contributed by atoms with Gasteiger partial charge in [0.25, 0.3) is 0 Å². The minimum Gasteiger partial charge on any atom is -0.460 e. The lowest BCUT2D eigenvalue weighted by molar-refractivity contribution is -0.149. The molecule has 0 saturated carbocycles. The van der Waals surface area contributed by atoms with Crippen LogP contribution in [0.3, 0.4) is 0 Å². The van der Waals surface area contributed by atoms with Gasteiger partial charge in [-0.25, -0.2) is 0 Å². The van der Waals surface area contributed by atoms with Crippen LogP contribution in [0.15, 0.2) is 12.2 Å². The van der Waals surface area contributed by atoms with E-state index >= 15 is 0 Å². The largest absolute Gasteiger partial charge is 0.460 e. The van der Waals surface area contributed by atoms with Crippen molar-refractivity contribution in [3.05, 3.63) is 12.2 Å². The summed E-state index contributed by atoms with van der Waals surface area (Å²) in [5, 5.41) is 9.40. The second kappa shape index (κ2) is 3.71. The SMILES string of the molecule is C[C@@H]1OC(=O)CC[C@H](O)/C=C\[C@@H]2O[C@H]12. The third kappa shape index (κ3) is 2.13. The standard InChI is InChI=1S/C10H14O4/c1-6-10-8(14-10)4-2-7(11)3-5-9(12)13-6/h2,4,6-8,10-11H,3,5H2,1H3/b4-2-/t6-,7+,8-,10+/m0/s1. The molecule has 0 amide bonds. The normalized spacial score (nSPS) is 44.9. The zero-order valence-corrected chi connectivity index (χ0v) is 8.05. The summed E-state index contributed by atoms with van der Waals surface area (Å²) in [6.07, 6.45) is 3.42. The Hall–Kier alpha value is -0.870. The summed E-state index contributed by atoms with van der Waals surface area (Å²) in [7, 11) is 0. The molecular formula is C10H14O4. The lowest BCUT2D eigenvalue weighted by atomic mass is 10.1. The van der Waals surface area contributed by atoms with Crippen LogP contribution in [0.5, 0.6) is 0 Å². The van der Waals surface area contributed by atoms with Gasteiger partial charge in [-0.05, 0) is 13.3 Å². The van der Waals surface area contributed by atoms with Crippen molar-refractivity contribution < 1.29 is 19.4 Å². The van der Waals surface area contributed by atoms with E-state index in [1.807, 2.05) is 13.0 Å². The zero-order chi connectivity index (χ0) is 10.1. The van der Waals surface area contributed by atoms with Crippen LogP contribution in [0.1, 0.15) is 19.8 Å². The van der Waals surface area contributed by atoms with E-state index in [4.69, 9.17) is 9.47 Å². The van der Waals surface area contributed by atoms with Gasteiger partial charge in [-0.3, -0.25) is 4.79 Å². The maximum Gasteiger partial charge on any atom is 0.306 e. The van der Waals surface area contributed by atoms with Crippen LogP contribution < -0.4 is 0 Å². The van der Waals surface area contributed by atoms with Crippen LogP contribution in [-0.4, -0.2) is 35.5 Å². The number of ether oxygens (including phenoxy) is 2. The Morgan fingerprint density at radius 2 is 2.29 bits per heavy atom. The van der Waals surface area contributed by atoms with E-state index < -0.39 is 6.10 Å². The number of cyclic esters (lactones) is 1. The number of carbonyl (C=O) groups excluding carboxylic acids is 1. The number of carbonyl (C=O) groups is 1. The maximum atomic E-state index is 11.2. The number of fused-ring (bicyclic) bond motifs is 1. The molecule has 2 rings (SSSR count). The molecular weight excluding hydrogens is 184 g/mol. The van der Waals surface area contributed by atoms with E-state index in [9.17, 15) is 9.90 Å². The van der Waals surface area contributed by atoms with Crippen molar-refractivity contribution in [2.24, 2.45) is 0 Å². The molecule has 0 radical (unpaired) electrons. The highest BCUT2D eigenvalue weighted by atomic mass is 16.6. The van der Waals surface area contributed by atoms with Crippen LogP contribution in [-0.2, 0) is 14.3 Å². The predicted octanol–water partition coefficient (Wildman–Crippen LogP) is 0.396. The Labute approximate surface area is 82.5 Å². The monoisotopic (exact) mass is 198 g/mol. The van der Waals surface area contributed by atoms with Crippen molar-refractivity contribution in [3.8, 4) is 0 Å². The van der Waals surface area contributed by atoms with Crippen LogP contribution in [0.2, 0.25) is 0 Å². The fourth-order valence-corrected chi connectivity index (χ4v) is 1.60. The topological polar surface area (TPSA) is 59.1 Å². The van der Waals surface area contributed by atoms with Gasteiger partial charge in [-0.1, -0.05) is 12.2 Å². The average Bonchev–Trinajstić information content (AvgIpc) is 2.89. The molecule has 4 atom stereocenters. The van der Waals surface area contributed by atoms with Crippen LogP contribution in [0.25, 0.3) is 0 Å². The van der Waals surface area contributed by atoms with E-state index in [1.54, 1.807) is 6.08 Å². The Kier molecular flexibility index (Phi) is 2.56. The van der Waals surface area contributed by atoms with Crippen LogP contribution >= 0.6 is 0 Å². The van der Waals surface area contributed by atoms with Crippen molar-refractivity contribution in [2.45, 2.75) is 44.2 Å². The van der Waals surface area contributed by atoms with E-state index in [0.717, 1.165) is 0 Å². The summed E-state index contributed by atoms with van der Waals surface area (Å²) in [4.78, 5) is 11.2. The highest BCUT2D eigenvalue weighted by molar-refractivity contribution is 5.69. The van der Waals surface area contributed by atoms with E-state index in [-0.39, 0.29) is 30.7 Å². The molecule has 0 unspecified atom stereocenters. The lowest BCUT2D eigenvalue weighted by Crippen LogP contribution is -2.23. The van der Waals surface area contributed by atoms with Crippen molar-refractivity contribution in [1.29, 1.82) is 0 Å². The van der Waals surface area contributed by atoms with E-state index in [1.165, 1.54) is 0 Å². The molecule has 2 aliphatic heterocycles. The summed E-state index contributed by atoms with van der Waals surface area (Å²) in [5.41, 5.74) is 0. The number of aliphatic hydroxyl groups is 1. The molecule has 4 heteroatoms. The minimum atomic E-state index is -0.569. The molecule has 2 aliphatic rings. The summed E-state index contributed by atoms with van der Waals surface area (Å²) in [6, 6.07) is 0. The second-order valence-corrected chi connectivity index (χ2v) is 3.75. The maximum absolute atomic E-state index is 11.2. The first-order valence-electron chi connectivity index (χ1n) is 4.88. The Balaban J connectivity index is 2.03. The predicted molar refractivity (Wildman–Crippen MR) is 48.6 cm³/mol. The average molecular weight is 198 g/mol. The van der Waals surface area contributed by atoms with Crippen LogP contribution in [0.4, 0.5) is 0 Å². The molecule has 1 saturated heterocycles. The molecule has 2 heterocycles. The first kappa shape index (κ1) is 9.68. The summed E-state index contributed by atoms with van der Waals surface area (Å²) < 4.78 is 10.4. The molecule has 0 spiro atoms. The Bertz CT molecular complexity index is 261. The number of aliphatic hydroxyl groups excluding tert-OH is 1. The quantitative estimate of drug-likeness (QED) is 0.347. The Morgan fingerprint density at radius 1 is 1.50 bits per heavy atom. The summed E-state index contributed by atoms with van der Waals surface area (Å²) in [5.74, 6) is -0.263. The number of rotatable bonds is 0. The van der Waals surface area contributed by atoms with Gasteiger partial charge in [0.1, 0.15) is 18.3 Å². The van der Waals surface area contributed by atoms with Gasteiger partial charge in [0, 0.05) is 6.42 Å². The molecule has 1 N–H and O–H groups in total. The molecule has 0 aromatic rings. The van der Waals surface area contributed by atoms with Crippen molar-refractivity contribution in [2.75, 3.05) is 0 Å². The molecule has 78 valence electrons. The number of epoxide rings is 1. The summed E-state index contributed by atoms with van der Waals surface area (Å²) in [6.45, 7) is 1.83. The highest BCUT2D eigenvalue weighted by Crippen LogP contribution is 2.29. The van der Waals surface area contributed by atoms with Crippen LogP contribution in [0, 0.1) is 0 Å². The van der Waals surface area contributed by atoms with Gasteiger partial charge in [0.05, 0.1) is 6.10 Å². The fraction of sp³-hybridized carbons (Fsp3) is 0.700. The van der Waals surface area contributed by atoms with Gasteiger partial charge < -0.3 is 14.6 Å². The van der Waals surface area contributed by atoms with Crippen molar-refractivity contribution in [3.63, 3.8) is 0 Å². The fourth-order valence-electron chi connectivity index (χ4n) is 1.60. The highest BCUT2D eigenvalue weighted by Gasteiger charge is 2.43. The first-order valence-corrected chi connectivity index (χ1v) is 4.88. The van der Waals surface area contributed by atoms with Gasteiger partial charge >= 0.3 is 5.97 Å². The molecule has 0 aromatic carbocycles. The molecule has 4 nitrogen and oxygen atoms in total. The van der Waals surface area contributed by atoms with Gasteiger partial charge in [-0.2, -0.15) is 0 Å². The minimum absolute atomic E-state index is 0.00514. The zero-order valence-electron chi connectivity index (χ0n) is 8.05. The molecule has 0 aliphatic carbocycles. The van der Waals surface area contributed by atoms with Gasteiger partial charge in [-0.15, -0.1) is 0 Å². The lowest BCUT2D eigenvalue weighted by Gasteiger charge is -2.12.